The van der Waals surface area contributed by atoms with Crippen LogP contribution in [0.15, 0.2) is 12.1 Å². The number of aliphatic carboxylic acids is 1. The molecule has 0 aliphatic carbocycles. The lowest BCUT2D eigenvalue weighted by Crippen LogP contribution is -2.21. The van der Waals surface area contributed by atoms with Gasteiger partial charge < -0.3 is 15.6 Å². The molecule has 5 heteroatoms. The number of halogens is 1. The molecule has 2 unspecified atom stereocenters. The van der Waals surface area contributed by atoms with Crippen LogP contribution in [0.25, 0.3) is 0 Å². The number of benzene rings is 1. The van der Waals surface area contributed by atoms with Gasteiger partial charge in [-0.05, 0) is 24.1 Å². The van der Waals surface area contributed by atoms with Gasteiger partial charge in [-0.1, -0.05) is 17.7 Å². The van der Waals surface area contributed by atoms with Gasteiger partial charge in [0.2, 0.25) is 0 Å². The quantitative estimate of drug-likeness (QED) is 0.864. The van der Waals surface area contributed by atoms with Gasteiger partial charge in [0, 0.05) is 13.0 Å². The van der Waals surface area contributed by atoms with Crippen molar-refractivity contribution in [2.75, 3.05) is 6.54 Å². The summed E-state index contributed by atoms with van der Waals surface area (Å²) in [5.41, 5.74) is 7.07. The highest BCUT2D eigenvalue weighted by Crippen LogP contribution is 2.38. The average molecular weight is 256 g/mol. The number of ether oxygens (including phenoxy) is 1. The predicted molar refractivity (Wildman–Crippen MR) is 64.7 cm³/mol. The van der Waals surface area contributed by atoms with Crippen LogP contribution >= 0.6 is 11.6 Å². The number of nitrogens with two attached hydrogens (primary N) is 1. The standard InChI is InChI=1S/C12H14ClNO3/c1-6-2-8-3-7(9(5-14)12(15)16)4-10(13)11(8)17-6/h3-4,6,9H,2,5,14H2,1H3,(H,15,16). The number of carbonyl (C=O) groups is 1. The van der Waals surface area contributed by atoms with E-state index in [1.165, 1.54) is 0 Å². The first kappa shape index (κ1) is 12.2. The number of hydrogen-bond donors (Lipinski definition) is 2. The molecule has 2 atom stereocenters. The predicted octanol–water partition coefficient (Wildman–Crippen LogP) is 1.79. The van der Waals surface area contributed by atoms with E-state index in [9.17, 15) is 4.79 Å². The highest BCUT2D eigenvalue weighted by molar-refractivity contribution is 6.32. The Morgan fingerprint density at radius 3 is 3.00 bits per heavy atom. The van der Waals surface area contributed by atoms with Gasteiger partial charge in [0.1, 0.15) is 11.9 Å². The molecule has 1 heterocycles. The normalized spacial score (nSPS) is 19.6. The topological polar surface area (TPSA) is 72.6 Å². The average Bonchev–Trinajstić information content (AvgIpc) is 2.59. The molecule has 0 saturated heterocycles. The van der Waals surface area contributed by atoms with Crippen LogP contribution in [0.2, 0.25) is 5.02 Å². The third-order valence-electron chi connectivity index (χ3n) is 2.91. The summed E-state index contributed by atoms with van der Waals surface area (Å²) in [5.74, 6) is -0.978. The van der Waals surface area contributed by atoms with E-state index in [4.69, 9.17) is 27.2 Å². The van der Waals surface area contributed by atoms with Crippen molar-refractivity contribution in [2.24, 2.45) is 5.73 Å². The number of hydrogen-bond acceptors (Lipinski definition) is 3. The van der Waals surface area contributed by atoms with E-state index in [2.05, 4.69) is 0 Å². The van der Waals surface area contributed by atoms with Crippen molar-refractivity contribution in [1.82, 2.24) is 0 Å². The Labute approximate surface area is 104 Å². The van der Waals surface area contributed by atoms with Crippen molar-refractivity contribution in [3.8, 4) is 5.75 Å². The van der Waals surface area contributed by atoms with E-state index in [1.807, 2.05) is 13.0 Å². The zero-order valence-corrected chi connectivity index (χ0v) is 10.2. The molecule has 0 bridgehead atoms. The molecule has 2 rings (SSSR count). The smallest absolute Gasteiger partial charge is 0.312 e. The lowest BCUT2D eigenvalue weighted by atomic mass is 9.96. The number of carboxylic acid groups (broad SMARTS) is 1. The van der Waals surface area contributed by atoms with E-state index < -0.39 is 11.9 Å². The van der Waals surface area contributed by atoms with Crippen LogP contribution in [0.3, 0.4) is 0 Å². The Hall–Kier alpha value is -1.26. The fourth-order valence-corrected chi connectivity index (χ4v) is 2.38. The first-order valence-electron chi connectivity index (χ1n) is 5.44. The highest BCUT2D eigenvalue weighted by Gasteiger charge is 2.26. The summed E-state index contributed by atoms with van der Waals surface area (Å²) in [6, 6.07) is 3.46. The summed E-state index contributed by atoms with van der Waals surface area (Å²) in [6.07, 6.45) is 0.832. The van der Waals surface area contributed by atoms with Crippen molar-refractivity contribution >= 4 is 17.6 Å². The van der Waals surface area contributed by atoms with Gasteiger partial charge in [0.15, 0.2) is 0 Å². The second kappa shape index (κ2) is 4.55. The van der Waals surface area contributed by atoms with Gasteiger partial charge in [-0.3, -0.25) is 4.79 Å². The van der Waals surface area contributed by atoms with E-state index >= 15 is 0 Å². The van der Waals surface area contributed by atoms with Crippen LogP contribution in [0, 0.1) is 0 Å². The molecule has 1 aliphatic heterocycles. The Morgan fingerprint density at radius 2 is 2.41 bits per heavy atom. The molecule has 0 radical (unpaired) electrons. The van der Waals surface area contributed by atoms with Gasteiger partial charge in [0.05, 0.1) is 10.9 Å². The maximum absolute atomic E-state index is 11.1. The van der Waals surface area contributed by atoms with Crippen LogP contribution < -0.4 is 10.5 Å². The first-order valence-corrected chi connectivity index (χ1v) is 5.82. The third kappa shape index (κ3) is 2.23. The second-order valence-corrected chi connectivity index (χ2v) is 4.66. The zero-order chi connectivity index (χ0) is 12.6. The fraction of sp³-hybridized carbons (Fsp3) is 0.417. The van der Waals surface area contributed by atoms with Crippen LogP contribution in [-0.4, -0.2) is 23.7 Å². The first-order chi connectivity index (χ1) is 8.02. The molecule has 3 N–H and O–H groups in total. The largest absolute Gasteiger partial charge is 0.489 e. The molecule has 0 fully saturated rings. The van der Waals surface area contributed by atoms with Crippen molar-refractivity contribution in [3.63, 3.8) is 0 Å². The summed E-state index contributed by atoms with van der Waals surface area (Å²) < 4.78 is 5.56. The Kier molecular flexibility index (Phi) is 3.26. The molecular formula is C12H14ClNO3. The van der Waals surface area contributed by atoms with Gasteiger partial charge in [-0.2, -0.15) is 0 Å². The van der Waals surface area contributed by atoms with Crippen molar-refractivity contribution in [2.45, 2.75) is 25.4 Å². The van der Waals surface area contributed by atoms with Gasteiger partial charge in [0.25, 0.3) is 0 Å². The van der Waals surface area contributed by atoms with E-state index in [0.717, 1.165) is 12.0 Å². The molecule has 0 aromatic heterocycles. The number of fused-ring (bicyclic) bond motifs is 1. The molecule has 92 valence electrons. The van der Waals surface area contributed by atoms with E-state index in [1.54, 1.807) is 6.07 Å². The number of carboxylic acids is 1. The van der Waals surface area contributed by atoms with Gasteiger partial charge >= 0.3 is 5.97 Å². The van der Waals surface area contributed by atoms with Gasteiger partial charge in [-0.15, -0.1) is 0 Å². The molecule has 1 aliphatic rings. The second-order valence-electron chi connectivity index (χ2n) is 4.25. The van der Waals surface area contributed by atoms with E-state index in [-0.39, 0.29) is 12.6 Å². The Morgan fingerprint density at radius 1 is 1.71 bits per heavy atom. The van der Waals surface area contributed by atoms with Crippen LogP contribution in [0.4, 0.5) is 0 Å². The molecule has 17 heavy (non-hydrogen) atoms. The maximum Gasteiger partial charge on any atom is 0.312 e. The maximum atomic E-state index is 11.1. The summed E-state index contributed by atoms with van der Waals surface area (Å²) in [5, 5.41) is 9.52. The molecule has 0 amide bonds. The molecule has 0 saturated carbocycles. The lowest BCUT2D eigenvalue weighted by molar-refractivity contribution is -0.138. The minimum absolute atomic E-state index is 0.0564. The molecule has 4 nitrogen and oxygen atoms in total. The Balaban J connectivity index is 2.42. The summed E-state index contributed by atoms with van der Waals surface area (Å²) in [7, 11) is 0. The van der Waals surface area contributed by atoms with Crippen molar-refractivity contribution in [3.05, 3.63) is 28.3 Å². The molecule has 1 aromatic carbocycles. The van der Waals surface area contributed by atoms with Crippen molar-refractivity contribution in [1.29, 1.82) is 0 Å². The minimum atomic E-state index is -0.935. The van der Waals surface area contributed by atoms with Gasteiger partial charge in [-0.25, -0.2) is 0 Å². The Bertz CT molecular complexity index is 461. The highest BCUT2D eigenvalue weighted by atomic mass is 35.5. The molecular weight excluding hydrogens is 242 g/mol. The fourth-order valence-electron chi connectivity index (χ4n) is 2.09. The molecule has 1 aromatic rings. The van der Waals surface area contributed by atoms with Crippen molar-refractivity contribution < 1.29 is 14.6 Å². The third-order valence-corrected chi connectivity index (χ3v) is 3.19. The summed E-state index contributed by atoms with van der Waals surface area (Å²) in [4.78, 5) is 11.1. The van der Waals surface area contributed by atoms with Crippen LogP contribution in [-0.2, 0) is 11.2 Å². The zero-order valence-electron chi connectivity index (χ0n) is 9.44. The minimum Gasteiger partial charge on any atom is -0.489 e. The van der Waals surface area contributed by atoms with Crippen LogP contribution in [0.5, 0.6) is 5.75 Å². The molecule has 0 spiro atoms. The summed E-state index contributed by atoms with van der Waals surface area (Å²) >= 11 is 6.09. The van der Waals surface area contributed by atoms with E-state index in [0.29, 0.717) is 16.3 Å². The van der Waals surface area contributed by atoms with Crippen LogP contribution in [0.1, 0.15) is 24.0 Å². The summed E-state index contributed by atoms with van der Waals surface area (Å²) in [6.45, 7) is 2.01. The lowest BCUT2D eigenvalue weighted by Gasteiger charge is -2.12. The SMILES string of the molecule is CC1Cc2cc(C(CN)C(=O)O)cc(Cl)c2O1. The number of rotatable bonds is 3. The monoisotopic (exact) mass is 255 g/mol.